The number of aromatic nitrogens is 2. The molecule has 0 saturated carbocycles. The normalized spacial score (nSPS) is 11.6. The Kier molecular flexibility index (Phi) is 3.29. The van der Waals surface area contributed by atoms with E-state index in [0.717, 1.165) is 11.3 Å². The number of aromatic carboxylic acids is 1. The van der Waals surface area contributed by atoms with E-state index in [0.29, 0.717) is 5.69 Å². The van der Waals surface area contributed by atoms with Crippen molar-refractivity contribution in [3.8, 4) is 11.4 Å². The number of carbonyl (C=O) groups is 1. The highest BCUT2D eigenvalue weighted by Gasteiger charge is 2.25. The second kappa shape index (κ2) is 4.67. The first kappa shape index (κ1) is 14.1. The molecule has 0 atom stereocenters. The molecule has 0 saturated heterocycles. The van der Waals surface area contributed by atoms with Crippen molar-refractivity contribution in [2.45, 2.75) is 33.1 Å². The molecule has 106 valence electrons. The van der Waals surface area contributed by atoms with Gasteiger partial charge in [0.1, 0.15) is 11.4 Å². The van der Waals surface area contributed by atoms with Crippen LogP contribution in [0.2, 0.25) is 0 Å². The fourth-order valence-electron chi connectivity index (χ4n) is 2.01. The van der Waals surface area contributed by atoms with Crippen LogP contribution in [0.1, 0.15) is 42.5 Å². The molecule has 0 unspecified atom stereocenters. The summed E-state index contributed by atoms with van der Waals surface area (Å²) in [5, 5.41) is 23.2. The van der Waals surface area contributed by atoms with Crippen LogP contribution < -0.4 is 0 Å². The number of rotatable bonds is 2. The average molecular weight is 274 g/mol. The fraction of sp³-hybridized carbons (Fsp3) is 0.333. The largest absolute Gasteiger partial charge is 0.506 e. The molecule has 1 aromatic heterocycles. The summed E-state index contributed by atoms with van der Waals surface area (Å²) in [7, 11) is 0. The van der Waals surface area contributed by atoms with Gasteiger partial charge in [-0.3, -0.25) is 0 Å². The Morgan fingerprint density at radius 3 is 2.45 bits per heavy atom. The molecule has 20 heavy (non-hydrogen) atoms. The van der Waals surface area contributed by atoms with Gasteiger partial charge in [0.2, 0.25) is 0 Å². The van der Waals surface area contributed by atoms with Crippen molar-refractivity contribution < 1.29 is 15.0 Å². The number of phenols is 1. The molecule has 0 fully saturated rings. The van der Waals surface area contributed by atoms with E-state index in [-0.39, 0.29) is 16.9 Å². The maximum absolute atomic E-state index is 11.1. The van der Waals surface area contributed by atoms with Crippen LogP contribution in [0.5, 0.6) is 5.75 Å². The number of carboxylic acids is 1. The van der Waals surface area contributed by atoms with Gasteiger partial charge < -0.3 is 10.2 Å². The highest BCUT2D eigenvalue weighted by molar-refractivity contribution is 5.85. The van der Waals surface area contributed by atoms with E-state index in [2.05, 4.69) is 5.10 Å². The summed E-state index contributed by atoms with van der Waals surface area (Å²) in [4.78, 5) is 11.1. The predicted molar refractivity (Wildman–Crippen MR) is 75.6 cm³/mol. The smallest absolute Gasteiger partial charge is 0.356 e. The molecule has 1 heterocycles. The van der Waals surface area contributed by atoms with Gasteiger partial charge in [-0.25, -0.2) is 9.48 Å². The molecule has 0 aliphatic carbocycles. The molecule has 0 radical (unpaired) electrons. The standard InChI is InChI=1S/C15H18N2O3/c1-9-5-6-12(18)11(7-9)17-13(15(2,3)4)8-10(16-17)14(19)20/h5-8,18H,1-4H3,(H,19,20). The lowest BCUT2D eigenvalue weighted by atomic mass is 9.91. The number of hydrogen-bond acceptors (Lipinski definition) is 3. The van der Waals surface area contributed by atoms with Gasteiger partial charge in [0.25, 0.3) is 0 Å². The van der Waals surface area contributed by atoms with Crippen LogP contribution in [0.25, 0.3) is 5.69 Å². The Labute approximate surface area is 117 Å². The summed E-state index contributed by atoms with van der Waals surface area (Å²) in [6.07, 6.45) is 0. The number of aromatic hydroxyl groups is 1. The maximum atomic E-state index is 11.1. The topological polar surface area (TPSA) is 75.3 Å². The van der Waals surface area contributed by atoms with Crippen LogP contribution in [0.4, 0.5) is 0 Å². The van der Waals surface area contributed by atoms with Gasteiger partial charge in [0.15, 0.2) is 5.69 Å². The highest BCUT2D eigenvalue weighted by Crippen LogP contribution is 2.30. The SMILES string of the molecule is Cc1ccc(O)c(-n2nc(C(=O)O)cc2C(C)(C)C)c1. The summed E-state index contributed by atoms with van der Waals surface area (Å²) in [6, 6.07) is 6.70. The highest BCUT2D eigenvalue weighted by atomic mass is 16.4. The van der Waals surface area contributed by atoms with Gasteiger partial charge in [-0.1, -0.05) is 26.8 Å². The van der Waals surface area contributed by atoms with E-state index in [1.165, 1.54) is 4.68 Å². The Bertz CT molecular complexity index is 666. The Balaban J connectivity index is 2.72. The minimum atomic E-state index is -1.08. The molecule has 2 N–H and O–H groups in total. The number of nitrogens with zero attached hydrogens (tertiary/aromatic N) is 2. The Hall–Kier alpha value is -2.30. The number of benzene rings is 1. The summed E-state index contributed by atoms with van der Waals surface area (Å²) in [5.74, 6) is -1.01. The third-order valence-electron chi connectivity index (χ3n) is 3.06. The average Bonchev–Trinajstić information content (AvgIpc) is 2.77. The fourth-order valence-corrected chi connectivity index (χ4v) is 2.01. The Morgan fingerprint density at radius 1 is 1.25 bits per heavy atom. The molecule has 5 nitrogen and oxygen atoms in total. The van der Waals surface area contributed by atoms with Gasteiger partial charge in [0.05, 0.1) is 5.69 Å². The van der Waals surface area contributed by atoms with E-state index in [1.54, 1.807) is 24.3 Å². The number of hydrogen-bond donors (Lipinski definition) is 2. The first-order valence-corrected chi connectivity index (χ1v) is 6.34. The zero-order chi connectivity index (χ0) is 15.1. The molecule has 0 spiro atoms. The second-order valence-corrected chi connectivity index (χ2v) is 5.87. The summed E-state index contributed by atoms with van der Waals surface area (Å²) < 4.78 is 1.51. The van der Waals surface area contributed by atoms with Crippen molar-refractivity contribution in [3.05, 3.63) is 41.2 Å². The van der Waals surface area contributed by atoms with Gasteiger partial charge in [0, 0.05) is 5.41 Å². The van der Waals surface area contributed by atoms with E-state index in [4.69, 9.17) is 5.11 Å². The molecule has 2 rings (SSSR count). The van der Waals surface area contributed by atoms with Crippen LogP contribution in [0, 0.1) is 6.92 Å². The number of phenolic OH excluding ortho intramolecular Hbond substituents is 1. The minimum Gasteiger partial charge on any atom is -0.506 e. The molecular formula is C15H18N2O3. The third-order valence-corrected chi connectivity index (χ3v) is 3.06. The summed E-state index contributed by atoms with van der Waals surface area (Å²) in [5.41, 5.74) is 1.86. The van der Waals surface area contributed by atoms with Gasteiger partial charge in [-0.2, -0.15) is 5.10 Å². The summed E-state index contributed by atoms with van der Waals surface area (Å²) in [6.45, 7) is 7.82. The molecule has 0 aliphatic rings. The van der Waals surface area contributed by atoms with Crippen molar-refractivity contribution in [2.75, 3.05) is 0 Å². The van der Waals surface area contributed by atoms with Gasteiger partial charge >= 0.3 is 5.97 Å². The Morgan fingerprint density at radius 2 is 1.90 bits per heavy atom. The lowest BCUT2D eigenvalue weighted by molar-refractivity contribution is 0.0690. The lowest BCUT2D eigenvalue weighted by Gasteiger charge is -2.20. The molecule has 0 aliphatic heterocycles. The van der Waals surface area contributed by atoms with E-state index in [9.17, 15) is 9.90 Å². The van der Waals surface area contributed by atoms with Crippen molar-refractivity contribution >= 4 is 5.97 Å². The van der Waals surface area contributed by atoms with E-state index < -0.39 is 5.97 Å². The van der Waals surface area contributed by atoms with Crippen molar-refractivity contribution in [1.82, 2.24) is 9.78 Å². The molecule has 0 bridgehead atoms. The zero-order valence-corrected chi connectivity index (χ0v) is 12.0. The minimum absolute atomic E-state index is 0.0316. The summed E-state index contributed by atoms with van der Waals surface area (Å²) >= 11 is 0. The van der Waals surface area contributed by atoms with Crippen LogP contribution in [-0.2, 0) is 5.41 Å². The van der Waals surface area contributed by atoms with Gasteiger partial charge in [-0.05, 0) is 30.7 Å². The van der Waals surface area contributed by atoms with E-state index in [1.807, 2.05) is 27.7 Å². The van der Waals surface area contributed by atoms with Gasteiger partial charge in [-0.15, -0.1) is 0 Å². The second-order valence-electron chi connectivity index (χ2n) is 5.87. The lowest BCUT2D eigenvalue weighted by Crippen LogP contribution is -2.17. The molecule has 2 aromatic rings. The maximum Gasteiger partial charge on any atom is 0.356 e. The van der Waals surface area contributed by atoms with E-state index >= 15 is 0 Å². The quantitative estimate of drug-likeness (QED) is 0.883. The molecule has 1 aromatic carbocycles. The number of carboxylic acid groups (broad SMARTS) is 1. The monoisotopic (exact) mass is 274 g/mol. The molecule has 0 amide bonds. The van der Waals surface area contributed by atoms with Crippen LogP contribution in [0.15, 0.2) is 24.3 Å². The molecular weight excluding hydrogens is 256 g/mol. The van der Waals surface area contributed by atoms with Crippen molar-refractivity contribution in [1.29, 1.82) is 0 Å². The van der Waals surface area contributed by atoms with Crippen LogP contribution in [0.3, 0.4) is 0 Å². The van der Waals surface area contributed by atoms with Crippen molar-refractivity contribution in [2.24, 2.45) is 0 Å². The number of aryl methyl sites for hydroxylation is 1. The van der Waals surface area contributed by atoms with Crippen LogP contribution >= 0.6 is 0 Å². The first-order valence-electron chi connectivity index (χ1n) is 6.34. The predicted octanol–water partition coefficient (Wildman–Crippen LogP) is 2.88. The first-order chi connectivity index (χ1) is 9.20. The zero-order valence-electron chi connectivity index (χ0n) is 12.0. The van der Waals surface area contributed by atoms with Crippen molar-refractivity contribution in [3.63, 3.8) is 0 Å². The third kappa shape index (κ3) is 2.52. The molecule has 5 heteroatoms. The van der Waals surface area contributed by atoms with Crippen LogP contribution in [-0.4, -0.2) is 26.0 Å².